The van der Waals surface area contributed by atoms with Gasteiger partial charge in [-0.3, -0.25) is 0 Å². The topological polar surface area (TPSA) is 33.4 Å². The van der Waals surface area contributed by atoms with Gasteiger partial charge in [-0.25, -0.2) is 0 Å². The second-order valence-electron chi connectivity index (χ2n) is 5.08. The zero-order valence-corrected chi connectivity index (χ0v) is 11.3. The molecule has 1 unspecified atom stereocenters. The van der Waals surface area contributed by atoms with Crippen LogP contribution in [0.1, 0.15) is 30.1 Å². The molecule has 0 saturated heterocycles. The summed E-state index contributed by atoms with van der Waals surface area (Å²) >= 11 is 0. The first-order valence-electron chi connectivity index (χ1n) is 7.03. The Balaban J connectivity index is 1.63. The molecule has 1 heterocycles. The first kappa shape index (κ1) is 12.9. The Bertz CT molecular complexity index is 670. The van der Waals surface area contributed by atoms with Crippen LogP contribution in [0.2, 0.25) is 0 Å². The first-order valence-corrected chi connectivity index (χ1v) is 7.03. The van der Waals surface area contributed by atoms with E-state index < -0.39 is 6.10 Å². The molecule has 1 N–H and O–H groups in total. The van der Waals surface area contributed by atoms with Gasteiger partial charge in [0.2, 0.25) is 0 Å². The molecule has 2 heteroatoms. The predicted octanol–water partition coefficient (Wildman–Crippen LogP) is 4.49. The summed E-state index contributed by atoms with van der Waals surface area (Å²) in [5, 5.41) is 11.3. The maximum Gasteiger partial charge on any atom is 0.134 e. The second-order valence-corrected chi connectivity index (χ2v) is 5.08. The smallest absolute Gasteiger partial charge is 0.134 e. The lowest BCUT2D eigenvalue weighted by Crippen LogP contribution is -1.97. The van der Waals surface area contributed by atoms with Gasteiger partial charge in [-0.15, -0.1) is 0 Å². The molecule has 20 heavy (non-hydrogen) atoms. The number of rotatable bonds is 5. The van der Waals surface area contributed by atoms with E-state index in [4.69, 9.17) is 4.42 Å². The minimum absolute atomic E-state index is 0.456. The van der Waals surface area contributed by atoms with Gasteiger partial charge >= 0.3 is 0 Å². The highest BCUT2D eigenvalue weighted by Gasteiger charge is 2.13. The van der Waals surface area contributed by atoms with Crippen molar-refractivity contribution < 1.29 is 9.52 Å². The first-order chi connectivity index (χ1) is 9.84. The van der Waals surface area contributed by atoms with Crippen molar-refractivity contribution in [1.82, 2.24) is 0 Å². The Labute approximate surface area is 118 Å². The third kappa shape index (κ3) is 2.75. The largest absolute Gasteiger partial charge is 0.464 e. The van der Waals surface area contributed by atoms with E-state index in [-0.39, 0.29) is 0 Å². The number of furan rings is 1. The van der Waals surface area contributed by atoms with Crippen molar-refractivity contribution in [2.24, 2.45) is 0 Å². The molecular weight excluding hydrogens is 248 g/mol. The van der Waals surface area contributed by atoms with Crippen LogP contribution in [0.3, 0.4) is 0 Å². The lowest BCUT2D eigenvalue weighted by Gasteiger charge is -2.09. The molecule has 0 bridgehead atoms. The van der Waals surface area contributed by atoms with Crippen LogP contribution >= 0.6 is 0 Å². The van der Waals surface area contributed by atoms with Crippen LogP contribution in [0.4, 0.5) is 0 Å². The Morgan fingerprint density at radius 1 is 0.950 bits per heavy atom. The molecule has 0 aliphatic rings. The summed E-state index contributed by atoms with van der Waals surface area (Å²) in [4.78, 5) is 0. The molecule has 1 aromatic heterocycles. The van der Waals surface area contributed by atoms with Crippen molar-refractivity contribution in [3.8, 4) is 0 Å². The highest BCUT2D eigenvalue weighted by Crippen LogP contribution is 2.29. The van der Waals surface area contributed by atoms with E-state index in [2.05, 4.69) is 24.3 Å². The highest BCUT2D eigenvalue weighted by atomic mass is 16.3. The molecule has 0 fully saturated rings. The van der Waals surface area contributed by atoms with Gasteiger partial charge in [-0.2, -0.15) is 0 Å². The van der Waals surface area contributed by atoms with Crippen molar-refractivity contribution in [2.45, 2.75) is 25.4 Å². The summed E-state index contributed by atoms with van der Waals surface area (Å²) in [6, 6.07) is 18.2. The molecule has 3 aromatic rings. The quantitative estimate of drug-likeness (QED) is 0.738. The molecule has 2 aromatic carbocycles. The van der Waals surface area contributed by atoms with Crippen LogP contribution in [-0.4, -0.2) is 5.11 Å². The second kappa shape index (κ2) is 5.93. The normalized spacial score (nSPS) is 12.7. The van der Waals surface area contributed by atoms with Crippen molar-refractivity contribution >= 4 is 11.0 Å². The average Bonchev–Trinajstić information content (AvgIpc) is 2.92. The summed E-state index contributed by atoms with van der Waals surface area (Å²) in [7, 11) is 0. The van der Waals surface area contributed by atoms with E-state index in [1.54, 1.807) is 6.26 Å². The number of hydrogen-bond acceptors (Lipinski definition) is 2. The molecule has 0 aliphatic carbocycles. The van der Waals surface area contributed by atoms with E-state index >= 15 is 0 Å². The van der Waals surface area contributed by atoms with Gasteiger partial charge < -0.3 is 9.52 Å². The van der Waals surface area contributed by atoms with E-state index in [1.165, 1.54) is 5.56 Å². The number of fused-ring (bicyclic) bond motifs is 1. The fourth-order valence-corrected chi connectivity index (χ4v) is 2.56. The molecular formula is C18H18O2. The Kier molecular flexibility index (Phi) is 3.84. The minimum atomic E-state index is -0.456. The van der Waals surface area contributed by atoms with Gasteiger partial charge in [-0.1, -0.05) is 48.5 Å². The Hall–Kier alpha value is -2.06. The zero-order valence-electron chi connectivity index (χ0n) is 11.3. The van der Waals surface area contributed by atoms with E-state index in [0.717, 1.165) is 35.8 Å². The third-order valence-electron chi connectivity index (χ3n) is 3.66. The van der Waals surface area contributed by atoms with Crippen LogP contribution in [0.5, 0.6) is 0 Å². The maximum atomic E-state index is 10.3. The molecule has 2 nitrogen and oxygen atoms in total. The van der Waals surface area contributed by atoms with Crippen LogP contribution in [0, 0.1) is 0 Å². The fourth-order valence-electron chi connectivity index (χ4n) is 2.56. The van der Waals surface area contributed by atoms with Crippen LogP contribution in [0.25, 0.3) is 11.0 Å². The van der Waals surface area contributed by atoms with Gasteiger partial charge in [0.15, 0.2) is 0 Å². The van der Waals surface area contributed by atoms with E-state index in [9.17, 15) is 5.11 Å². The Morgan fingerprint density at radius 3 is 2.55 bits per heavy atom. The van der Waals surface area contributed by atoms with Crippen LogP contribution in [0.15, 0.2) is 65.3 Å². The molecule has 0 spiro atoms. The third-order valence-corrected chi connectivity index (χ3v) is 3.66. The van der Waals surface area contributed by atoms with Gasteiger partial charge in [0, 0.05) is 10.9 Å². The number of benzene rings is 2. The monoisotopic (exact) mass is 266 g/mol. The number of hydrogen-bond donors (Lipinski definition) is 1. The summed E-state index contributed by atoms with van der Waals surface area (Å²) < 4.78 is 5.47. The summed E-state index contributed by atoms with van der Waals surface area (Å²) in [5.74, 6) is 0. The number of para-hydroxylation sites is 1. The number of aliphatic hydroxyl groups excluding tert-OH is 1. The van der Waals surface area contributed by atoms with Gasteiger partial charge in [0.1, 0.15) is 5.58 Å². The molecule has 0 saturated carbocycles. The number of aliphatic hydroxyl groups is 1. The Morgan fingerprint density at radius 2 is 1.70 bits per heavy atom. The lowest BCUT2D eigenvalue weighted by molar-refractivity contribution is 0.165. The van der Waals surface area contributed by atoms with E-state index in [1.807, 2.05) is 30.3 Å². The van der Waals surface area contributed by atoms with Crippen molar-refractivity contribution in [3.05, 3.63) is 72.0 Å². The van der Waals surface area contributed by atoms with Crippen LogP contribution < -0.4 is 0 Å². The zero-order chi connectivity index (χ0) is 13.8. The molecule has 0 amide bonds. The predicted molar refractivity (Wildman–Crippen MR) is 80.6 cm³/mol. The molecule has 0 aliphatic heterocycles. The standard InChI is InChI=1S/C18H18O2/c19-17(11-6-9-14-7-2-1-3-8-14)16-13-20-18-12-5-4-10-15(16)18/h1-5,7-8,10,12-13,17,19H,6,9,11H2. The highest BCUT2D eigenvalue weighted by molar-refractivity contribution is 5.81. The molecule has 1 atom stereocenters. The summed E-state index contributed by atoms with van der Waals surface area (Å²) in [6.07, 6.45) is 3.93. The minimum Gasteiger partial charge on any atom is -0.464 e. The summed E-state index contributed by atoms with van der Waals surface area (Å²) in [5.41, 5.74) is 3.05. The fraction of sp³-hybridized carbons (Fsp3) is 0.222. The van der Waals surface area contributed by atoms with Gasteiger partial charge in [0.05, 0.1) is 12.4 Å². The molecule has 3 rings (SSSR count). The van der Waals surface area contributed by atoms with Crippen molar-refractivity contribution in [3.63, 3.8) is 0 Å². The van der Waals surface area contributed by atoms with Gasteiger partial charge in [-0.05, 0) is 30.9 Å². The number of aryl methyl sites for hydroxylation is 1. The SMILES string of the molecule is OC(CCCc1ccccc1)c1coc2ccccc12. The van der Waals surface area contributed by atoms with E-state index in [0.29, 0.717) is 0 Å². The summed E-state index contributed by atoms with van der Waals surface area (Å²) in [6.45, 7) is 0. The van der Waals surface area contributed by atoms with Gasteiger partial charge in [0.25, 0.3) is 0 Å². The maximum absolute atomic E-state index is 10.3. The molecule has 102 valence electrons. The molecule has 0 radical (unpaired) electrons. The van der Waals surface area contributed by atoms with Crippen molar-refractivity contribution in [1.29, 1.82) is 0 Å². The van der Waals surface area contributed by atoms with Crippen molar-refractivity contribution in [2.75, 3.05) is 0 Å². The average molecular weight is 266 g/mol. The van der Waals surface area contributed by atoms with Crippen LogP contribution in [-0.2, 0) is 6.42 Å². The lowest BCUT2D eigenvalue weighted by atomic mass is 10.0.